The number of nitrogen functional groups attached to an aromatic ring is 1. The molecule has 3 nitrogen and oxygen atoms in total. The highest BCUT2D eigenvalue weighted by molar-refractivity contribution is 6.35. The maximum Gasteiger partial charge on any atom is 0.220 e. The molecule has 2 aromatic rings. The summed E-state index contributed by atoms with van der Waals surface area (Å²) in [7, 11) is 0. The van der Waals surface area contributed by atoms with Crippen molar-refractivity contribution < 1.29 is 4.79 Å². The van der Waals surface area contributed by atoms with Crippen LogP contribution in [0, 0.1) is 0 Å². The van der Waals surface area contributed by atoms with Crippen molar-refractivity contribution in [2.24, 2.45) is 0 Å². The van der Waals surface area contributed by atoms with E-state index in [2.05, 4.69) is 5.32 Å². The van der Waals surface area contributed by atoms with Gasteiger partial charge in [-0.1, -0.05) is 47.5 Å². The third kappa shape index (κ3) is 5.45. The molecule has 0 spiro atoms. The Kier molecular flexibility index (Phi) is 6.31. The van der Waals surface area contributed by atoms with Crippen LogP contribution in [-0.2, 0) is 17.6 Å². The fourth-order valence-electron chi connectivity index (χ4n) is 2.43. The van der Waals surface area contributed by atoms with E-state index >= 15 is 0 Å². The first-order valence-corrected chi connectivity index (χ1v) is 8.28. The quantitative estimate of drug-likeness (QED) is 0.764. The Hall–Kier alpha value is -1.71. The number of hydrogen-bond acceptors (Lipinski definition) is 2. The summed E-state index contributed by atoms with van der Waals surface area (Å²) in [6.07, 6.45) is 1.70. The first-order chi connectivity index (χ1) is 11.0. The van der Waals surface area contributed by atoms with Crippen LogP contribution >= 0.6 is 23.2 Å². The molecule has 3 N–H and O–H groups in total. The molecule has 1 atom stereocenters. The van der Waals surface area contributed by atoms with Crippen molar-refractivity contribution in [2.45, 2.75) is 32.2 Å². The number of carbonyl (C=O) groups is 1. The highest BCUT2D eigenvalue weighted by Crippen LogP contribution is 2.22. The minimum atomic E-state index is -0.00528. The van der Waals surface area contributed by atoms with Gasteiger partial charge in [-0.25, -0.2) is 0 Å². The molecular formula is C18H20Cl2N2O. The van der Waals surface area contributed by atoms with Crippen LogP contribution < -0.4 is 11.1 Å². The molecule has 0 heterocycles. The average Bonchev–Trinajstić information content (AvgIpc) is 2.49. The number of para-hydroxylation sites is 1. The maximum atomic E-state index is 12.1. The predicted octanol–water partition coefficient (Wildman–Crippen LogP) is 4.26. The monoisotopic (exact) mass is 350 g/mol. The molecule has 5 heteroatoms. The Bertz CT molecular complexity index is 688. The van der Waals surface area contributed by atoms with Gasteiger partial charge in [0.1, 0.15) is 0 Å². The normalized spacial score (nSPS) is 12.0. The molecule has 0 fully saturated rings. The number of aryl methyl sites for hydroxylation is 1. The van der Waals surface area contributed by atoms with Crippen LogP contribution in [0.2, 0.25) is 10.0 Å². The number of carbonyl (C=O) groups excluding carboxylic acids is 1. The minimum Gasteiger partial charge on any atom is -0.399 e. The van der Waals surface area contributed by atoms with Gasteiger partial charge in [-0.15, -0.1) is 0 Å². The third-order valence-electron chi connectivity index (χ3n) is 3.63. The number of rotatable bonds is 6. The smallest absolute Gasteiger partial charge is 0.220 e. The second kappa shape index (κ2) is 8.23. The number of nitrogens with one attached hydrogen (secondary N) is 1. The van der Waals surface area contributed by atoms with Gasteiger partial charge in [0.2, 0.25) is 5.91 Å². The summed E-state index contributed by atoms with van der Waals surface area (Å²) in [5.41, 5.74) is 8.57. The van der Waals surface area contributed by atoms with Crippen molar-refractivity contribution in [1.29, 1.82) is 0 Å². The second-order valence-corrected chi connectivity index (χ2v) is 6.45. The molecule has 1 amide bonds. The summed E-state index contributed by atoms with van der Waals surface area (Å²) >= 11 is 12.0. The Morgan fingerprint density at radius 3 is 2.61 bits per heavy atom. The number of nitrogens with two attached hydrogens (primary N) is 1. The van der Waals surface area contributed by atoms with Crippen LogP contribution in [0.4, 0.5) is 5.69 Å². The van der Waals surface area contributed by atoms with Crippen LogP contribution in [0.1, 0.15) is 24.5 Å². The van der Waals surface area contributed by atoms with Crippen LogP contribution in [0.25, 0.3) is 0 Å². The van der Waals surface area contributed by atoms with Crippen molar-refractivity contribution in [3.8, 4) is 0 Å². The summed E-state index contributed by atoms with van der Waals surface area (Å²) < 4.78 is 0. The molecule has 23 heavy (non-hydrogen) atoms. The lowest BCUT2D eigenvalue weighted by molar-refractivity contribution is -0.121. The van der Waals surface area contributed by atoms with Gasteiger partial charge >= 0.3 is 0 Å². The molecular weight excluding hydrogens is 331 g/mol. The van der Waals surface area contributed by atoms with E-state index in [0.717, 1.165) is 16.8 Å². The summed E-state index contributed by atoms with van der Waals surface area (Å²) in [5.74, 6) is 0.00541. The minimum absolute atomic E-state index is 0.00528. The van der Waals surface area contributed by atoms with E-state index in [0.29, 0.717) is 29.3 Å². The van der Waals surface area contributed by atoms with E-state index in [1.54, 1.807) is 12.1 Å². The third-order valence-corrected chi connectivity index (χ3v) is 4.21. The molecule has 0 saturated heterocycles. The number of benzene rings is 2. The number of amides is 1. The Labute approximate surface area is 146 Å². The SMILES string of the molecule is CC(Cc1ccc(Cl)cc1Cl)NC(=O)CCc1ccccc1N. The summed E-state index contributed by atoms with van der Waals surface area (Å²) in [6, 6.07) is 13.0. The fraction of sp³-hybridized carbons (Fsp3) is 0.278. The number of anilines is 1. The van der Waals surface area contributed by atoms with Crippen molar-refractivity contribution >= 4 is 34.8 Å². The molecule has 0 aromatic heterocycles. The lowest BCUT2D eigenvalue weighted by Gasteiger charge is -2.15. The van der Waals surface area contributed by atoms with Gasteiger partial charge < -0.3 is 11.1 Å². The fourth-order valence-corrected chi connectivity index (χ4v) is 2.91. The molecule has 2 rings (SSSR count). The van der Waals surface area contributed by atoms with E-state index in [1.807, 2.05) is 37.3 Å². The lowest BCUT2D eigenvalue weighted by Crippen LogP contribution is -2.34. The molecule has 1 unspecified atom stereocenters. The molecule has 0 radical (unpaired) electrons. The first-order valence-electron chi connectivity index (χ1n) is 7.52. The average molecular weight is 351 g/mol. The Morgan fingerprint density at radius 1 is 1.17 bits per heavy atom. The van der Waals surface area contributed by atoms with Gasteiger partial charge in [0, 0.05) is 28.2 Å². The summed E-state index contributed by atoms with van der Waals surface area (Å²) in [4.78, 5) is 12.1. The van der Waals surface area contributed by atoms with E-state index in [9.17, 15) is 4.79 Å². The molecule has 0 aliphatic rings. The highest BCUT2D eigenvalue weighted by Gasteiger charge is 2.11. The van der Waals surface area contributed by atoms with Crippen molar-refractivity contribution in [1.82, 2.24) is 5.32 Å². The lowest BCUT2D eigenvalue weighted by atomic mass is 10.1. The zero-order chi connectivity index (χ0) is 16.8. The van der Waals surface area contributed by atoms with E-state index in [1.165, 1.54) is 0 Å². The Balaban J connectivity index is 1.84. The first kappa shape index (κ1) is 17.6. The molecule has 2 aromatic carbocycles. The van der Waals surface area contributed by atoms with Gasteiger partial charge in [-0.2, -0.15) is 0 Å². The maximum absolute atomic E-state index is 12.1. The number of halogens is 2. The van der Waals surface area contributed by atoms with Gasteiger partial charge in [-0.3, -0.25) is 4.79 Å². The largest absolute Gasteiger partial charge is 0.399 e. The second-order valence-electron chi connectivity index (χ2n) is 5.61. The zero-order valence-electron chi connectivity index (χ0n) is 13.0. The summed E-state index contributed by atoms with van der Waals surface area (Å²) in [5, 5.41) is 4.22. The highest BCUT2D eigenvalue weighted by atomic mass is 35.5. The van der Waals surface area contributed by atoms with Crippen LogP contribution in [0.5, 0.6) is 0 Å². The zero-order valence-corrected chi connectivity index (χ0v) is 14.5. The molecule has 0 aliphatic carbocycles. The van der Waals surface area contributed by atoms with Gasteiger partial charge in [-0.05, 0) is 49.1 Å². The van der Waals surface area contributed by atoms with Gasteiger partial charge in [0.25, 0.3) is 0 Å². The Morgan fingerprint density at radius 2 is 1.91 bits per heavy atom. The molecule has 0 aliphatic heterocycles. The van der Waals surface area contributed by atoms with E-state index in [-0.39, 0.29) is 11.9 Å². The van der Waals surface area contributed by atoms with E-state index in [4.69, 9.17) is 28.9 Å². The van der Waals surface area contributed by atoms with Crippen molar-refractivity contribution in [2.75, 3.05) is 5.73 Å². The molecule has 0 bridgehead atoms. The van der Waals surface area contributed by atoms with Crippen LogP contribution in [0.3, 0.4) is 0 Å². The van der Waals surface area contributed by atoms with Gasteiger partial charge in [0.15, 0.2) is 0 Å². The standard InChI is InChI=1S/C18H20Cl2N2O/c1-12(10-14-6-8-15(19)11-16(14)20)22-18(23)9-7-13-4-2-3-5-17(13)21/h2-6,8,11-12H,7,9-10,21H2,1H3,(H,22,23). The van der Waals surface area contributed by atoms with Crippen LogP contribution in [-0.4, -0.2) is 11.9 Å². The van der Waals surface area contributed by atoms with Crippen molar-refractivity contribution in [3.63, 3.8) is 0 Å². The molecule has 122 valence electrons. The van der Waals surface area contributed by atoms with Gasteiger partial charge in [0.05, 0.1) is 0 Å². The van der Waals surface area contributed by atoms with Crippen molar-refractivity contribution in [3.05, 3.63) is 63.6 Å². The van der Waals surface area contributed by atoms with Crippen LogP contribution in [0.15, 0.2) is 42.5 Å². The topological polar surface area (TPSA) is 55.1 Å². The summed E-state index contributed by atoms with van der Waals surface area (Å²) in [6.45, 7) is 1.96. The molecule has 0 saturated carbocycles. The number of hydrogen-bond donors (Lipinski definition) is 2. The van der Waals surface area contributed by atoms with E-state index < -0.39 is 0 Å². The predicted molar refractivity (Wildman–Crippen MR) is 96.9 cm³/mol.